The van der Waals surface area contributed by atoms with Crippen LogP contribution in [-0.4, -0.2) is 16.6 Å². The largest absolute Gasteiger partial charge is 0.351 e. The van der Waals surface area contributed by atoms with Crippen LogP contribution in [0.5, 0.6) is 0 Å². The number of fused-ring (bicyclic) bond motifs is 3. The van der Waals surface area contributed by atoms with Gasteiger partial charge in [0.15, 0.2) is 5.78 Å². The highest BCUT2D eigenvalue weighted by Crippen LogP contribution is 2.32. The smallest absolute Gasteiger partial charge is 0.206 e. The number of hydrogen-bond donors (Lipinski definition) is 1. The van der Waals surface area contributed by atoms with Gasteiger partial charge in [-0.3, -0.25) is 9.59 Å². The van der Waals surface area contributed by atoms with Crippen LogP contribution in [-0.2, 0) is 0 Å². The second-order valence-corrected chi connectivity index (χ2v) is 4.47. The summed E-state index contributed by atoms with van der Waals surface area (Å²) in [4.78, 5) is 27.2. The number of allylic oxidation sites excluding steroid dienone is 2. The predicted octanol–water partition coefficient (Wildman–Crippen LogP) is 3.02. The molecule has 0 spiro atoms. The first-order valence-electron chi connectivity index (χ1n) is 5.59. The maximum absolute atomic E-state index is 13.3. The van der Waals surface area contributed by atoms with Crippen LogP contribution in [0.3, 0.4) is 0 Å². The minimum Gasteiger partial charge on any atom is -0.351 e. The maximum atomic E-state index is 13.3. The maximum Gasteiger partial charge on any atom is 0.206 e. The summed E-state index contributed by atoms with van der Waals surface area (Å²) in [5.74, 6) is -0.828. The topological polar surface area (TPSA) is 49.9 Å². The summed E-state index contributed by atoms with van der Waals surface area (Å²) in [5.41, 5.74) is 2.03. The number of carbonyl (C=O) groups is 2. The van der Waals surface area contributed by atoms with E-state index in [4.69, 9.17) is 0 Å². The molecule has 0 atom stereocenters. The molecule has 1 aliphatic carbocycles. The SMILES string of the molecule is CC1=C(C)C(=O)c2c([nH]c3ccc(F)cc23)C1=O. The van der Waals surface area contributed by atoms with Gasteiger partial charge in [-0.25, -0.2) is 4.39 Å². The van der Waals surface area contributed by atoms with Gasteiger partial charge < -0.3 is 4.98 Å². The Balaban J connectivity index is 2.43. The van der Waals surface area contributed by atoms with Crippen LogP contribution in [0.4, 0.5) is 4.39 Å². The van der Waals surface area contributed by atoms with Crippen molar-refractivity contribution in [3.05, 3.63) is 46.4 Å². The summed E-state index contributed by atoms with van der Waals surface area (Å²) in [6.07, 6.45) is 0. The standard InChI is InChI=1S/C14H10FNO2/c1-6-7(2)14(18)12-11(13(6)17)9-5-8(15)3-4-10(9)16-12/h3-5,16H,1-2H3. The van der Waals surface area contributed by atoms with Crippen molar-refractivity contribution in [2.75, 3.05) is 0 Å². The van der Waals surface area contributed by atoms with E-state index in [0.29, 0.717) is 22.0 Å². The minimum atomic E-state index is -0.423. The molecule has 0 unspecified atom stereocenters. The molecule has 0 fully saturated rings. The van der Waals surface area contributed by atoms with Crippen LogP contribution >= 0.6 is 0 Å². The van der Waals surface area contributed by atoms with Crippen LogP contribution in [0.15, 0.2) is 29.3 Å². The highest BCUT2D eigenvalue weighted by atomic mass is 19.1. The number of H-pyrrole nitrogens is 1. The van der Waals surface area contributed by atoms with Gasteiger partial charge in [0.1, 0.15) is 5.82 Å². The molecule has 1 heterocycles. The summed E-state index contributed by atoms with van der Waals surface area (Å²) >= 11 is 0. The lowest BCUT2D eigenvalue weighted by Crippen LogP contribution is -2.18. The van der Waals surface area contributed by atoms with Crippen molar-refractivity contribution in [1.82, 2.24) is 4.98 Å². The van der Waals surface area contributed by atoms with Gasteiger partial charge in [0.25, 0.3) is 0 Å². The molecule has 18 heavy (non-hydrogen) atoms. The van der Waals surface area contributed by atoms with Gasteiger partial charge in [-0.1, -0.05) is 0 Å². The molecule has 0 saturated carbocycles. The van der Waals surface area contributed by atoms with E-state index in [9.17, 15) is 14.0 Å². The number of hydrogen-bond acceptors (Lipinski definition) is 2. The zero-order chi connectivity index (χ0) is 13.0. The van der Waals surface area contributed by atoms with Gasteiger partial charge in [-0.2, -0.15) is 0 Å². The molecule has 0 radical (unpaired) electrons. The van der Waals surface area contributed by atoms with Crippen molar-refractivity contribution >= 4 is 22.5 Å². The van der Waals surface area contributed by atoms with Gasteiger partial charge in [0.05, 0.1) is 11.3 Å². The fourth-order valence-electron chi connectivity index (χ4n) is 2.29. The van der Waals surface area contributed by atoms with E-state index >= 15 is 0 Å². The zero-order valence-corrected chi connectivity index (χ0v) is 9.93. The Morgan fingerprint density at radius 1 is 1.06 bits per heavy atom. The Hall–Kier alpha value is -2.23. The summed E-state index contributed by atoms with van der Waals surface area (Å²) in [7, 11) is 0. The van der Waals surface area contributed by atoms with Crippen molar-refractivity contribution in [2.45, 2.75) is 13.8 Å². The summed E-state index contributed by atoms with van der Waals surface area (Å²) < 4.78 is 13.3. The molecule has 1 aliphatic rings. The van der Waals surface area contributed by atoms with Gasteiger partial charge >= 0.3 is 0 Å². The molecule has 2 aromatic rings. The third kappa shape index (κ3) is 1.23. The van der Waals surface area contributed by atoms with E-state index < -0.39 is 5.82 Å². The number of rotatable bonds is 0. The van der Waals surface area contributed by atoms with Gasteiger partial charge in [0.2, 0.25) is 5.78 Å². The molecule has 0 bridgehead atoms. The minimum absolute atomic E-state index is 0.196. The molecular weight excluding hydrogens is 233 g/mol. The molecule has 3 nitrogen and oxygen atoms in total. The molecule has 90 valence electrons. The molecule has 0 amide bonds. The van der Waals surface area contributed by atoms with Crippen molar-refractivity contribution in [2.24, 2.45) is 0 Å². The normalized spacial score (nSPS) is 15.5. The van der Waals surface area contributed by atoms with Gasteiger partial charge in [-0.15, -0.1) is 0 Å². The predicted molar refractivity (Wildman–Crippen MR) is 65.3 cm³/mol. The molecule has 0 saturated heterocycles. The fraction of sp³-hybridized carbons (Fsp3) is 0.143. The number of benzene rings is 1. The zero-order valence-electron chi connectivity index (χ0n) is 9.93. The first-order valence-corrected chi connectivity index (χ1v) is 5.59. The van der Waals surface area contributed by atoms with Crippen LogP contribution < -0.4 is 0 Å². The molecule has 1 aromatic carbocycles. The number of Topliss-reactive ketones (excluding diaryl/α,β-unsaturated/α-hetero) is 2. The lowest BCUT2D eigenvalue weighted by atomic mass is 9.88. The van der Waals surface area contributed by atoms with E-state index in [2.05, 4.69) is 4.98 Å². The van der Waals surface area contributed by atoms with Crippen LogP contribution in [0, 0.1) is 5.82 Å². The lowest BCUT2D eigenvalue weighted by Gasteiger charge is -2.12. The monoisotopic (exact) mass is 243 g/mol. The van der Waals surface area contributed by atoms with Crippen LogP contribution in [0.1, 0.15) is 34.7 Å². The Morgan fingerprint density at radius 2 is 1.72 bits per heavy atom. The van der Waals surface area contributed by atoms with Gasteiger partial charge in [0, 0.05) is 22.0 Å². The molecule has 3 rings (SSSR count). The third-order valence-electron chi connectivity index (χ3n) is 3.46. The van der Waals surface area contributed by atoms with Crippen LogP contribution in [0.2, 0.25) is 0 Å². The summed E-state index contributed by atoms with van der Waals surface area (Å²) in [6.45, 7) is 3.25. The second-order valence-electron chi connectivity index (χ2n) is 4.47. The number of aromatic amines is 1. The van der Waals surface area contributed by atoms with E-state index in [1.165, 1.54) is 18.2 Å². The molecule has 0 aliphatic heterocycles. The Labute approximate surface area is 102 Å². The Kier molecular flexibility index (Phi) is 2.05. The lowest BCUT2D eigenvalue weighted by molar-refractivity contribution is 0.0973. The number of carbonyl (C=O) groups excluding carboxylic acids is 2. The Bertz CT molecular complexity index is 752. The molecule has 1 aromatic heterocycles. The number of halogens is 1. The van der Waals surface area contributed by atoms with E-state index in [-0.39, 0.29) is 22.8 Å². The highest BCUT2D eigenvalue weighted by molar-refractivity contribution is 6.30. The fourth-order valence-corrected chi connectivity index (χ4v) is 2.29. The first kappa shape index (κ1) is 10.9. The number of nitrogens with one attached hydrogen (secondary N) is 1. The third-order valence-corrected chi connectivity index (χ3v) is 3.46. The van der Waals surface area contributed by atoms with Gasteiger partial charge in [-0.05, 0) is 32.0 Å². The van der Waals surface area contributed by atoms with E-state index in [0.717, 1.165) is 0 Å². The van der Waals surface area contributed by atoms with E-state index in [1.54, 1.807) is 13.8 Å². The summed E-state index contributed by atoms with van der Waals surface area (Å²) in [6, 6.07) is 4.12. The van der Waals surface area contributed by atoms with Crippen molar-refractivity contribution in [3.63, 3.8) is 0 Å². The second kappa shape index (κ2) is 3.38. The quantitative estimate of drug-likeness (QED) is 0.773. The van der Waals surface area contributed by atoms with Crippen molar-refractivity contribution in [3.8, 4) is 0 Å². The highest BCUT2D eigenvalue weighted by Gasteiger charge is 2.31. The Morgan fingerprint density at radius 3 is 2.44 bits per heavy atom. The molecule has 1 N–H and O–H groups in total. The van der Waals surface area contributed by atoms with Crippen molar-refractivity contribution < 1.29 is 14.0 Å². The van der Waals surface area contributed by atoms with Crippen molar-refractivity contribution in [1.29, 1.82) is 0 Å². The first-order chi connectivity index (χ1) is 8.50. The molecular formula is C14H10FNO2. The number of aromatic nitrogens is 1. The molecule has 4 heteroatoms. The summed E-state index contributed by atoms with van der Waals surface area (Å²) in [5, 5.41) is 0.468. The average molecular weight is 243 g/mol. The average Bonchev–Trinajstić information content (AvgIpc) is 2.72. The number of ketones is 2. The van der Waals surface area contributed by atoms with E-state index in [1.807, 2.05) is 0 Å². The van der Waals surface area contributed by atoms with Crippen LogP contribution in [0.25, 0.3) is 10.9 Å².